The number of H-pyrrole nitrogens is 1. The molecule has 9 heteroatoms. The number of hydrogen-bond donors (Lipinski definition) is 4. The van der Waals surface area contributed by atoms with E-state index in [2.05, 4.69) is 15.0 Å². The summed E-state index contributed by atoms with van der Waals surface area (Å²) in [6.07, 6.45) is 10.0. The SMILES string of the molecule is NC12CC3CC(CC(C3)C1)C2.Nc1nc2c(ncn2COCCO)c(=O)[nH]1. The lowest BCUT2D eigenvalue weighted by Crippen LogP contribution is -2.55. The van der Waals surface area contributed by atoms with Crippen molar-refractivity contribution in [3.8, 4) is 0 Å². The van der Waals surface area contributed by atoms with Gasteiger partial charge in [-0.3, -0.25) is 14.3 Å². The molecule has 0 aromatic carbocycles. The average Bonchev–Trinajstić information content (AvgIpc) is 2.97. The predicted molar refractivity (Wildman–Crippen MR) is 101 cm³/mol. The number of rotatable bonds is 4. The van der Waals surface area contributed by atoms with Crippen molar-refractivity contribution in [3.63, 3.8) is 0 Å². The van der Waals surface area contributed by atoms with Gasteiger partial charge in [-0.2, -0.15) is 4.98 Å². The van der Waals surface area contributed by atoms with Crippen molar-refractivity contribution in [1.29, 1.82) is 0 Å². The largest absolute Gasteiger partial charge is 0.394 e. The van der Waals surface area contributed by atoms with Crippen LogP contribution in [0.5, 0.6) is 0 Å². The monoisotopic (exact) mass is 376 g/mol. The number of nitrogens with two attached hydrogens (primary N) is 2. The molecule has 0 amide bonds. The van der Waals surface area contributed by atoms with E-state index in [0.29, 0.717) is 11.2 Å². The number of aromatic nitrogens is 4. The van der Waals surface area contributed by atoms with E-state index in [-0.39, 0.29) is 37.0 Å². The molecule has 0 atom stereocenters. The van der Waals surface area contributed by atoms with Gasteiger partial charge in [0.2, 0.25) is 5.95 Å². The Morgan fingerprint density at radius 1 is 1.26 bits per heavy atom. The number of anilines is 1. The maximum atomic E-state index is 11.4. The lowest BCUT2D eigenvalue weighted by Gasteiger charge is -2.55. The summed E-state index contributed by atoms with van der Waals surface area (Å²) < 4.78 is 6.63. The highest BCUT2D eigenvalue weighted by Crippen LogP contribution is 2.54. The molecule has 0 unspecified atom stereocenters. The summed E-state index contributed by atoms with van der Waals surface area (Å²) in [5, 5.41) is 8.56. The molecule has 0 saturated heterocycles. The van der Waals surface area contributed by atoms with Gasteiger partial charge in [0, 0.05) is 5.54 Å². The van der Waals surface area contributed by atoms with Crippen LogP contribution in [0.4, 0.5) is 5.95 Å². The lowest BCUT2D eigenvalue weighted by molar-refractivity contribution is 0.000364. The maximum absolute atomic E-state index is 11.4. The van der Waals surface area contributed by atoms with Gasteiger partial charge in [0.1, 0.15) is 6.73 Å². The van der Waals surface area contributed by atoms with E-state index >= 15 is 0 Å². The average molecular weight is 376 g/mol. The van der Waals surface area contributed by atoms with Gasteiger partial charge >= 0.3 is 0 Å². The van der Waals surface area contributed by atoms with Gasteiger partial charge in [0.15, 0.2) is 11.2 Å². The molecular formula is C18H28N6O3. The van der Waals surface area contributed by atoms with Crippen molar-refractivity contribution in [3.05, 3.63) is 16.7 Å². The zero-order chi connectivity index (χ0) is 19.0. The summed E-state index contributed by atoms with van der Waals surface area (Å²) >= 11 is 0. The molecule has 0 spiro atoms. The lowest BCUT2D eigenvalue weighted by atomic mass is 9.53. The molecule has 4 aliphatic rings. The van der Waals surface area contributed by atoms with Crippen molar-refractivity contribution < 1.29 is 9.84 Å². The van der Waals surface area contributed by atoms with Crippen LogP contribution in [-0.4, -0.2) is 43.4 Å². The third-order valence-corrected chi connectivity index (χ3v) is 6.04. The van der Waals surface area contributed by atoms with E-state index in [1.165, 1.54) is 49.4 Å². The summed E-state index contributed by atoms with van der Waals surface area (Å²) in [6.45, 7) is 0.300. The molecule has 0 radical (unpaired) electrons. The van der Waals surface area contributed by atoms with Crippen LogP contribution in [0.15, 0.2) is 11.1 Å². The Morgan fingerprint density at radius 2 is 1.89 bits per heavy atom. The fourth-order valence-electron chi connectivity index (χ4n) is 5.47. The van der Waals surface area contributed by atoms with E-state index in [1.807, 2.05) is 0 Å². The Balaban J connectivity index is 0.000000141. The van der Waals surface area contributed by atoms with Crippen molar-refractivity contribution in [2.24, 2.45) is 23.5 Å². The number of aliphatic hydroxyl groups is 1. The highest BCUT2D eigenvalue weighted by molar-refractivity contribution is 5.70. The molecule has 9 nitrogen and oxygen atoms in total. The molecule has 6 N–H and O–H groups in total. The molecule has 6 rings (SSSR count). The summed E-state index contributed by atoms with van der Waals surface area (Å²) in [5.74, 6) is 3.09. The summed E-state index contributed by atoms with van der Waals surface area (Å²) in [4.78, 5) is 21.6. The van der Waals surface area contributed by atoms with Crippen LogP contribution in [0.2, 0.25) is 0 Å². The second-order valence-corrected chi connectivity index (χ2v) is 8.38. The second-order valence-electron chi connectivity index (χ2n) is 8.38. The van der Waals surface area contributed by atoms with Crippen LogP contribution in [0.25, 0.3) is 11.2 Å². The summed E-state index contributed by atoms with van der Waals surface area (Å²) in [6, 6.07) is 0. The molecule has 4 saturated carbocycles. The van der Waals surface area contributed by atoms with E-state index in [0.717, 1.165) is 17.8 Å². The molecule has 148 valence electrons. The third kappa shape index (κ3) is 3.85. The van der Waals surface area contributed by atoms with E-state index in [1.54, 1.807) is 0 Å². The number of fused-ring (bicyclic) bond motifs is 1. The smallest absolute Gasteiger partial charge is 0.280 e. The van der Waals surface area contributed by atoms with Crippen LogP contribution in [0, 0.1) is 17.8 Å². The highest BCUT2D eigenvalue weighted by atomic mass is 16.5. The number of aliphatic hydroxyl groups excluding tert-OH is 1. The van der Waals surface area contributed by atoms with Gasteiger partial charge in [-0.25, -0.2) is 4.98 Å². The van der Waals surface area contributed by atoms with E-state index < -0.39 is 0 Å². The minimum Gasteiger partial charge on any atom is -0.394 e. The zero-order valence-electron chi connectivity index (χ0n) is 15.4. The first-order valence-corrected chi connectivity index (χ1v) is 9.64. The summed E-state index contributed by atoms with van der Waals surface area (Å²) in [7, 11) is 0. The molecule has 2 aromatic rings. The number of imidazole rings is 1. The topological polar surface area (TPSA) is 145 Å². The van der Waals surface area contributed by atoms with Crippen molar-refractivity contribution in [1.82, 2.24) is 19.5 Å². The Bertz CT molecular complexity index is 825. The number of nitrogens with zero attached hydrogens (tertiary/aromatic N) is 3. The minimum absolute atomic E-state index is 0.0291. The Labute approximate surface area is 157 Å². The van der Waals surface area contributed by atoms with Crippen LogP contribution < -0.4 is 17.0 Å². The van der Waals surface area contributed by atoms with E-state index in [4.69, 9.17) is 21.3 Å². The predicted octanol–water partition coefficient (Wildman–Crippen LogP) is 0.582. The van der Waals surface area contributed by atoms with Gasteiger partial charge in [-0.15, -0.1) is 0 Å². The molecule has 27 heavy (non-hydrogen) atoms. The number of hydrogen-bond acceptors (Lipinski definition) is 7. The molecule has 2 aromatic heterocycles. The molecule has 2 heterocycles. The molecular weight excluding hydrogens is 348 g/mol. The van der Waals surface area contributed by atoms with Gasteiger partial charge in [0.25, 0.3) is 5.56 Å². The fourth-order valence-corrected chi connectivity index (χ4v) is 5.47. The van der Waals surface area contributed by atoms with Crippen LogP contribution in [0.1, 0.15) is 38.5 Å². The summed E-state index contributed by atoms with van der Waals surface area (Å²) in [5.41, 5.74) is 12.2. The molecule has 4 aliphatic carbocycles. The first kappa shape index (κ1) is 18.4. The number of nitrogen functional groups attached to an aromatic ring is 1. The highest BCUT2D eigenvalue weighted by Gasteiger charge is 2.48. The normalized spacial score (nSPS) is 31.1. The van der Waals surface area contributed by atoms with Gasteiger partial charge in [-0.05, 0) is 56.3 Å². The zero-order valence-corrected chi connectivity index (χ0v) is 15.4. The quantitative estimate of drug-likeness (QED) is 0.571. The van der Waals surface area contributed by atoms with E-state index in [9.17, 15) is 4.79 Å². The molecule has 0 aliphatic heterocycles. The fraction of sp³-hybridized carbons (Fsp3) is 0.722. The third-order valence-electron chi connectivity index (χ3n) is 6.04. The Hall–Kier alpha value is -1.97. The van der Waals surface area contributed by atoms with Crippen molar-refractivity contribution >= 4 is 17.1 Å². The van der Waals surface area contributed by atoms with Crippen molar-refractivity contribution in [2.45, 2.75) is 50.8 Å². The minimum atomic E-state index is -0.386. The van der Waals surface area contributed by atoms with Crippen LogP contribution >= 0.6 is 0 Å². The van der Waals surface area contributed by atoms with Crippen LogP contribution in [-0.2, 0) is 11.5 Å². The first-order valence-electron chi connectivity index (χ1n) is 9.64. The van der Waals surface area contributed by atoms with Crippen LogP contribution in [0.3, 0.4) is 0 Å². The first-order chi connectivity index (χ1) is 13.0. The number of aromatic amines is 1. The maximum Gasteiger partial charge on any atom is 0.280 e. The molecule has 4 fully saturated rings. The number of ether oxygens (including phenoxy) is 1. The Morgan fingerprint density at radius 3 is 2.44 bits per heavy atom. The van der Waals surface area contributed by atoms with Gasteiger partial charge < -0.3 is 21.3 Å². The Kier molecular flexibility index (Phi) is 4.92. The van der Waals surface area contributed by atoms with Crippen molar-refractivity contribution in [2.75, 3.05) is 18.9 Å². The molecule has 4 bridgehead atoms. The van der Waals surface area contributed by atoms with Gasteiger partial charge in [-0.1, -0.05) is 0 Å². The number of nitrogens with one attached hydrogen (secondary N) is 1. The van der Waals surface area contributed by atoms with Gasteiger partial charge in [0.05, 0.1) is 19.5 Å². The second kappa shape index (κ2) is 7.21. The standard InChI is InChI=1S/C10H17N.C8H11N5O3/c11-10-4-7-1-8(5-10)3-9(2-7)6-10;9-8-11-6-5(7(15)12-8)10-3-13(6)4-16-2-1-14/h7-9H,1-6,11H2;3,14H,1-2,4H2,(H3,9,11,12,15).